The van der Waals surface area contributed by atoms with E-state index in [2.05, 4.69) is 0 Å². The molecule has 33 heavy (non-hydrogen) atoms. The van der Waals surface area contributed by atoms with Gasteiger partial charge in [-0.15, -0.1) is 0 Å². The molecule has 0 radical (unpaired) electrons. The Morgan fingerprint density at radius 1 is 0.545 bits per heavy atom. The van der Waals surface area contributed by atoms with Crippen molar-refractivity contribution in [3.63, 3.8) is 0 Å². The van der Waals surface area contributed by atoms with Crippen LogP contribution in [-0.2, 0) is 0 Å². The van der Waals surface area contributed by atoms with Gasteiger partial charge in [0.05, 0.1) is 5.69 Å². The second-order valence-corrected chi connectivity index (χ2v) is 8.25. The van der Waals surface area contributed by atoms with Gasteiger partial charge in [-0.05, 0) is 80.3 Å². The Hall–Kier alpha value is -4.12. The number of phenols is 3. The molecule has 0 spiro atoms. The molecule has 5 heteroatoms. The van der Waals surface area contributed by atoms with Gasteiger partial charge >= 0.3 is 0 Å². The Balaban J connectivity index is 1.88. The number of para-hydroxylation sites is 2. The quantitative estimate of drug-likeness (QED) is 0.303. The predicted octanol–water partition coefficient (Wildman–Crippen LogP) is 7.30. The van der Waals surface area contributed by atoms with Crippen molar-refractivity contribution in [2.45, 2.75) is 27.7 Å². The van der Waals surface area contributed by atoms with Crippen LogP contribution in [0.3, 0.4) is 0 Å². The SMILES string of the molecule is Cc1ccc(N(c2ccc(C)c(O)c2)c2ccccc2Oc2cc(O)c(C)cc2C)cc1O. The minimum Gasteiger partial charge on any atom is -0.508 e. The van der Waals surface area contributed by atoms with Gasteiger partial charge in [0.2, 0.25) is 0 Å². The first-order chi connectivity index (χ1) is 15.7. The normalized spacial score (nSPS) is 10.8. The molecule has 0 saturated carbocycles. The summed E-state index contributed by atoms with van der Waals surface area (Å²) in [5.74, 6) is 1.61. The van der Waals surface area contributed by atoms with Crippen LogP contribution in [0.15, 0.2) is 72.8 Å². The molecule has 0 fully saturated rings. The molecule has 0 atom stereocenters. The fraction of sp³-hybridized carbons (Fsp3) is 0.143. The van der Waals surface area contributed by atoms with Crippen molar-refractivity contribution in [1.82, 2.24) is 0 Å². The molecule has 4 aromatic carbocycles. The first kappa shape index (κ1) is 22.1. The number of benzene rings is 4. The molecule has 4 aromatic rings. The zero-order valence-electron chi connectivity index (χ0n) is 19.1. The third kappa shape index (κ3) is 4.44. The number of anilines is 3. The third-order valence-electron chi connectivity index (χ3n) is 5.72. The van der Waals surface area contributed by atoms with Crippen LogP contribution in [0.1, 0.15) is 22.3 Å². The van der Waals surface area contributed by atoms with Crippen LogP contribution in [0.5, 0.6) is 28.7 Å². The molecular weight excluding hydrogens is 414 g/mol. The zero-order valence-corrected chi connectivity index (χ0v) is 19.1. The molecule has 168 valence electrons. The fourth-order valence-corrected chi connectivity index (χ4v) is 3.68. The van der Waals surface area contributed by atoms with Crippen molar-refractivity contribution in [2.24, 2.45) is 0 Å². The zero-order chi connectivity index (χ0) is 23.7. The molecule has 0 aliphatic carbocycles. The van der Waals surface area contributed by atoms with Crippen molar-refractivity contribution in [3.05, 3.63) is 95.1 Å². The third-order valence-corrected chi connectivity index (χ3v) is 5.72. The smallest absolute Gasteiger partial charge is 0.151 e. The summed E-state index contributed by atoms with van der Waals surface area (Å²) in [5, 5.41) is 31.0. The fourth-order valence-electron chi connectivity index (χ4n) is 3.68. The van der Waals surface area contributed by atoms with Crippen LogP contribution in [-0.4, -0.2) is 15.3 Å². The number of hydrogen-bond acceptors (Lipinski definition) is 5. The number of phenolic OH excluding ortho intramolecular Hbond substituents is 3. The maximum atomic E-state index is 10.4. The minimum atomic E-state index is 0.164. The molecular formula is C28H27NO4. The number of aryl methyl sites for hydroxylation is 4. The van der Waals surface area contributed by atoms with Crippen LogP contribution in [0.25, 0.3) is 0 Å². The van der Waals surface area contributed by atoms with Gasteiger partial charge in [-0.1, -0.05) is 24.3 Å². The summed E-state index contributed by atoms with van der Waals surface area (Å²) in [6.07, 6.45) is 0. The molecule has 0 aliphatic rings. The van der Waals surface area contributed by atoms with Gasteiger partial charge in [-0.2, -0.15) is 0 Å². The summed E-state index contributed by atoms with van der Waals surface area (Å²) in [6.45, 7) is 7.45. The van der Waals surface area contributed by atoms with Crippen molar-refractivity contribution in [1.29, 1.82) is 0 Å². The Bertz CT molecular complexity index is 1280. The highest BCUT2D eigenvalue weighted by Crippen LogP contribution is 2.44. The van der Waals surface area contributed by atoms with E-state index >= 15 is 0 Å². The lowest BCUT2D eigenvalue weighted by Crippen LogP contribution is -2.11. The second kappa shape index (κ2) is 8.79. The van der Waals surface area contributed by atoms with Crippen LogP contribution < -0.4 is 9.64 Å². The topological polar surface area (TPSA) is 73.2 Å². The summed E-state index contributed by atoms with van der Waals surface area (Å²) >= 11 is 0. The monoisotopic (exact) mass is 441 g/mol. The summed E-state index contributed by atoms with van der Waals surface area (Å²) in [6, 6.07) is 21.9. The lowest BCUT2D eigenvalue weighted by atomic mass is 10.1. The number of hydrogen-bond donors (Lipinski definition) is 3. The van der Waals surface area contributed by atoms with Crippen LogP contribution in [0.2, 0.25) is 0 Å². The first-order valence-corrected chi connectivity index (χ1v) is 10.7. The van der Waals surface area contributed by atoms with Crippen molar-refractivity contribution >= 4 is 17.1 Å². The maximum absolute atomic E-state index is 10.4. The number of nitrogens with zero attached hydrogens (tertiary/aromatic N) is 1. The summed E-state index contributed by atoms with van der Waals surface area (Å²) < 4.78 is 6.28. The number of aromatic hydroxyl groups is 3. The van der Waals surface area contributed by atoms with E-state index in [0.29, 0.717) is 28.6 Å². The average molecular weight is 442 g/mol. The highest BCUT2D eigenvalue weighted by atomic mass is 16.5. The first-order valence-electron chi connectivity index (χ1n) is 10.7. The Kier molecular flexibility index (Phi) is 5.88. The standard InChI is InChI=1S/C28H27NO4/c1-17-9-11-21(14-24(17)30)29(22-12-10-18(2)25(31)15-22)23-7-5-6-8-27(23)33-28-16-26(32)19(3)13-20(28)4/h5-16,30-32H,1-4H3. The molecule has 4 rings (SSSR count). The average Bonchev–Trinajstić information content (AvgIpc) is 2.78. The van der Waals surface area contributed by atoms with Crippen LogP contribution in [0, 0.1) is 27.7 Å². The van der Waals surface area contributed by atoms with E-state index in [-0.39, 0.29) is 17.2 Å². The molecule has 5 nitrogen and oxygen atoms in total. The van der Waals surface area contributed by atoms with Crippen LogP contribution in [0.4, 0.5) is 17.1 Å². The number of ether oxygens (including phenoxy) is 1. The Morgan fingerprint density at radius 2 is 1.09 bits per heavy atom. The van der Waals surface area contributed by atoms with E-state index in [0.717, 1.165) is 22.3 Å². The largest absolute Gasteiger partial charge is 0.508 e. The van der Waals surface area contributed by atoms with Crippen LogP contribution >= 0.6 is 0 Å². The van der Waals surface area contributed by atoms with Crippen molar-refractivity contribution in [3.8, 4) is 28.7 Å². The molecule has 0 saturated heterocycles. The maximum Gasteiger partial charge on any atom is 0.151 e. The van der Waals surface area contributed by atoms with E-state index in [9.17, 15) is 15.3 Å². The van der Waals surface area contributed by atoms with Gasteiger partial charge in [0, 0.05) is 29.6 Å². The molecule has 0 bridgehead atoms. The summed E-state index contributed by atoms with van der Waals surface area (Å²) in [4.78, 5) is 1.91. The van der Waals surface area contributed by atoms with Gasteiger partial charge in [-0.25, -0.2) is 0 Å². The molecule has 0 unspecified atom stereocenters. The van der Waals surface area contributed by atoms with Gasteiger partial charge in [0.1, 0.15) is 23.0 Å². The van der Waals surface area contributed by atoms with E-state index in [1.807, 2.05) is 87.2 Å². The Labute approximate surface area is 193 Å². The Morgan fingerprint density at radius 3 is 1.67 bits per heavy atom. The number of rotatable bonds is 5. The highest BCUT2D eigenvalue weighted by Gasteiger charge is 2.19. The van der Waals surface area contributed by atoms with Gasteiger partial charge in [0.25, 0.3) is 0 Å². The van der Waals surface area contributed by atoms with E-state index in [1.165, 1.54) is 0 Å². The molecule has 0 aliphatic heterocycles. The van der Waals surface area contributed by atoms with Crippen molar-refractivity contribution in [2.75, 3.05) is 4.90 Å². The molecule has 0 aromatic heterocycles. The van der Waals surface area contributed by atoms with E-state index in [4.69, 9.17) is 4.74 Å². The second-order valence-electron chi connectivity index (χ2n) is 8.25. The molecule has 3 N–H and O–H groups in total. The lowest BCUT2D eigenvalue weighted by Gasteiger charge is -2.28. The van der Waals surface area contributed by atoms with Gasteiger partial charge in [-0.3, -0.25) is 0 Å². The minimum absolute atomic E-state index is 0.164. The molecule has 0 heterocycles. The van der Waals surface area contributed by atoms with Gasteiger partial charge in [0.15, 0.2) is 5.75 Å². The van der Waals surface area contributed by atoms with E-state index < -0.39 is 0 Å². The summed E-state index contributed by atoms with van der Waals surface area (Å²) in [5.41, 5.74) is 5.33. The lowest BCUT2D eigenvalue weighted by molar-refractivity contribution is 0.450. The summed E-state index contributed by atoms with van der Waals surface area (Å²) in [7, 11) is 0. The van der Waals surface area contributed by atoms with Crippen molar-refractivity contribution < 1.29 is 20.1 Å². The molecule has 0 amide bonds. The van der Waals surface area contributed by atoms with Gasteiger partial charge < -0.3 is 25.0 Å². The van der Waals surface area contributed by atoms with E-state index in [1.54, 1.807) is 18.2 Å². The predicted molar refractivity (Wildman–Crippen MR) is 132 cm³/mol. The highest BCUT2D eigenvalue weighted by molar-refractivity contribution is 5.81.